The normalized spacial score (nSPS) is 14.3. The SMILES string of the molecule is O=C(O)NC1(c2ccc(-c3oc4nc(NCCO)n(CCF)c(=O)c4c3-c3ccccc3)cc2)CCC1. The third kappa shape index (κ3) is 4.44. The van der Waals surface area contributed by atoms with Gasteiger partial charge >= 0.3 is 6.09 Å². The second-order valence-electron chi connectivity index (χ2n) is 9.03. The number of furan rings is 1. The van der Waals surface area contributed by atoms with E-state index in [1.165, 1.54) is 4.57 Å². The summed E-state index contributed by atoms with van der Waals surface area (Å²) in [6.45, 7) is -1.01. The fourth-order valence-electron chi connectivity index (χ4n) is 4.92. The number of rotatable bonds is 9. The Labute approximate surface area is 211 Å². The van der Waals surface area contributed by atoms with E-state index in [1.54, 1.807) is 0 Å². The standard InChI is InChI=1S/C27H27FN4O5/c28-13-15-32-24(34)21-20(17-5-2-1-3-6-17)22(37-23(21)30-25(32)29-14-16-33)18-7-9-19(10-8-18)27(11-4-12-27)31-26(35)36/h1-3,5-10,31,33H,4,11-16H2,(H,29,30)(H,35,36). The highest BCUT2D eigenvalue weighted by molar-refractivity contribution is 6.00. The third-order valence-electron chi connectivity index (χ3n) is 6.83. The third-order valence-corrected chi connectivity index (χ3v) is 6.83. The summed E-state index contributed by atoms with van der Waals surface area (Å²) in [6.07, 6.45) is 1.32. The Morgan fingerprint density at radius 2 is 1.84 bits per heavy atom. The maximum absolute atomic E-state index is 13.6. The summed E-state index contributed by atoms with van der Waals surface area (Å²) < 4.78 is 20.8. The number of benzene rings is 2. The van der Waals surface area contributed by atoms with Crippen LogP contribution < -0.4 is 16.2 Å². The maximum Gasteiger partial charge on any atom is 0.405 e. The topological polar surface area (TPSA) is 130 Å². The predicted octanol–water partition coefficient (Wildman–Crippen LogP) is 4.34. The summed E-state index contributed by atoms with van der Waals surface area (Å²) in [6, 6.07) is 16.7. The van der Waals surface area contributed by atoms with Gasteiger partial charge in [0.25, 0.3) is 5.56 Å². The highest BCUT2D eigenvalue weighted by atomic mass is 19.1. The minimum Gasteiger partial charge on any atom is -0.465 e. The number of hydrogen-bond acceptors (Lipinski definition) is 6. The molecule has 0 radical (unpaired) electrons. The van der Waals surface area contributed by atoms with Crippen molar-refractivity contribution in [1.29, 1.82) is 0 Å². The van der Waals surface area contributed by atoms with Crippen molar-refractivity contribution in [2.75, 3.05) is 25.1 Å². The first kappa shape index (κ1) is 24.5. The van der Waals surface area contributed by atoms with Crippen LogP contribution in [-0.2, 0) is 12.1 Å². The molecule has 10 heteroatoms. The molecule has 0 unspecified atom stereocenters. The van der Waals surface area contributed by atoms with Gasteiger partial charge in [-0.15, -0.1) is 0 Å². The van der Waals surface area contributed by atoms with E-state index < -0.39 is 23.9 Å². The first-order valence-corrected chi connectivity index (χ1v) is 12.1. The van der Waals surface area contributed by atoms with Crippen LogP contribution >= 0.6 is 0 Å². The molecule has 1 aliphatic carbocycles. The Kier molecular flexibility index (Phi) is 6.66. The second-order valence-corrected chi connectivity index (χ2v) is 9.03. The van der Waals surface area contributed by atoms with Crippen molar-refractivity contribution in [2.45, 2.75) is 31.3 Å². The number of anilines is 1. The number of carboxylic acid groups (broad SMARTS) is 1. The van der Waals surface area contributed by atoms with E-state index in [2.05, 4.69) is 15.6 Å². The number of aliphatic hydroxyl groups excluding tert-OH is 1. The molecular weight excluding hydrogens is 479 g/mol. The van der Waals surface area contributed by atoms with E-state index >= 15 is 0 Å². The zero-order chi connectivity index (χ0) is 26.0. The van der Waals surface area contributed by atoms with E-state index in [0.717, 1.165) is 30.4 Å². The zero-order valence-corrected chi connectivity index (χ0v) is 20.0. The second kappa shape index (κ2) is 10.1. The summed E-state index contributed by atoms with van der Waals surface area (Å²) >= 11 is 0. The van der Waals surface area contributed by atoms with Crippen LogP contribution in [0.4, 0.5) is 15.1 Å². The van der Waals surface area contributed by atoms with Crippen molar-refractivity contribution in [3.63, 3.8) is 0 Å². The van der Waals surface area contributed by atoms with E-state index in [4.69, 9.17) is 4.42 Å². The van der Waals surface area contributed by atoms with Gasteiger partial charge in [0.15, 0.2) is 0 Å². The number of hydrogen-bond donors (Lipinski definition) is 4. The summed E-state index contributed by atoms with van der Waals surface area (Å²) in [5.74, 6) is 0.545. The van der Waals surface area contributed by atoms with Gasteiger partial charge in [0.1, 0.15) is 17.8 Å². The molecule has 4 aromatic rings. The molecule has 9 nitrogen and oxygen atoms in total. The minimum absolute atomic E-state index is 0.0986. The molecule has 1 aliphatic rings. The maximum atomic E-state index is 13.6. The van der Waals surface area contributed by atoms with Crippen molar-refractivity contribution < 1.29 is 23.8 Å². The minimum atomic E-state index is -1.06. The smallest absolute Gasteiger partial charge is 0.405 e. The van der Waals surface area contributed by atoms with E-state index in [-0.39, 0.29) is 36.7 Å². The molecular formula is C27H27FN4O5. The molecule has 2 aromatic carbocycles. The van der Waals surface area contributed by atoms with Gasteiger partial charge in [-0.05, 0) is 30.4 Å². The summed E-state index contributed by atoms with van der Waals surface area (Å²) in [5.41, 5.74) is 1.88. The van der Waals surface area contributed by atoms with E-state index in [9.17, 15) is 24.2 Å². The van der Waals surface area contributed by atoms with E-state index in [0.29, 0.717) is 16.9 Å². The van der Waals surface area contributed by atoms with Crippen LogP contribution in [-0.4, -0.2) is 45.7 Å². The van der Waals surface area contributed by atoms with Crippen molar-refractivity contribution in [3.8, 4) is 22.5 Å². The zero-order valence-electron chi connectivity index (χ0n) is 20.0. The highest BCUT2D eigenvalue weighted by Crippen LogP contribution is 2.43. The summed E-state index contributed by atoms with van der Waals surface area (Å²) in [4.78, 5) is 29.4. The number of aliphatic hydroxyl groups is 1. The van der Waals surface area contributed by atoms with Crippen LogP contribution in [0.3, 0.4) is 0 Å². The molecule has 2 heterocycles. The van der Waals surface area contributed by atoms with Gasteiger partial charge < -0.3 is 25.3 Å². The van der Waals surface area contributed by atoms with Crippen LogP contribution in [0.2, 0.25) is 0 Å². The summed E-state index contributed by atoms with van der Waals surface area (Å²) in [7, 11) is 0. The Morgan fingerprint density at radius 3 is 2.43 bits per heavy atom. The van der Waals surface area contributed by atoms with Crippen LogP contribution in [0, 0.1) is 0 Å². The van der Waals surface area contributed by atoms with Gasteiger partial charge in [-0.3, -0.25) is 9.36 Å². The quantitative estimate of drug-likeness (QED) is 0.266. The number of aromatic nitrogens is 2. The molecule has 0 saturated heterocycles. The van der Waals surface area contributed by atoms with Crippen molar-refractivity contribution >= 4 is 23.1 Å². The van der Waals surface area contributed by atoms with Crippen LogP contribution in [0.5, 0.6) is 0 Å². The van der Waals surface area contributed by atoms with Crippen molar-refractivity contribution in [2.24, 2.45) is 0 Å². The van der Waals surface area contributed by atoms with Gasteiger partial charge in [-0.25, -0.2) is 9.18 Å². The fourth-order valence-corrected chi connectivity index (χ4v) is 4.92. The molecule has 0 spiro atoms. The molecule has 1 amide bonds. The number of carbonyl (C=O) groups is 1. The predicted molar refractivity (Wildman–Crippen MR) is 137 cm³/mol. The highest BCUT2D eigenvalue weighted by Gasteiger charge is 2.40. The van der Waals surface area contributed by atoms with Crippen LogP contribution in [0.1, 0.15) is 24.8 Å². The lowest BCUT2D eigenvalue weighted by Crippen LogP contribution is -2.50. The lowest BCUT2D eigenvalue weighted by atomic mass is 9.72. The summed E-state index contributed by atoms with van der Waals surface area (Å²) in [5, 5.41) is 24.3. The molecule has 37 heavy (non-hydrogen) atoms. The number of alkyl halides is 1. The molecule has 0 atom stereocenters. The lowest BCUT2D eigenvalue weighted by molar-refractivity contribution is 0.144. The molecule has 0 aliphatic heterocycles. The van der Waals surface area contributed by atoms with Crippen LogP contribution in [0.15, 0.2) is 63.8 Å². The number of halogens is 1. The van der Waals surface area contributed by atoms with Gasteiger partial charge in [0, 0.05) is 17.7 Å². The number of fused-ring (bicyclic) bond motifs is 1. The molecule has 5 rings (SSSR count). The number of nitrogens with zero attached hydrogens (tertiary/aromatic N) is 2. The molecule has 2 aromatic heterocycles. The number of nitrogens with one attached hydrogen (secondary N) is 2. The first-order chi connectivity index (χ1) is 18.0. The Hall–Kier alpha value is -4.18. The molecule has 192 valence electrons. The average molecular weight is 507 g/mol. The number of amides is 1. The van der Waals surface area contributed by atoms with Gasteiger partial charge in [0.2, 0.25) is 11.7 Å². The van der Waals surface area contributed by atoms with Gasteiger partial charge in [-0.1, -0.05) is 54.6 Å². The molecule has 1 fully saturated rings. The van der Waals surface area contributed by atoms with Crippen LogP contribution in [0.25, 0.3) is 33.6 Å². The van der Waals surface area contributed by atoms with Gasteiger partial charge in [-0.2, -0.15) is 4.98 Å². The van der Waals surface area contributed by atoms with Crippen molar-refractivity contribution in [1.82, 2.24) is 14.9 Å². The lowest BCUT2D eigenvalue weighted by Gasteiger charge is -2.42. The molecule has 1 saturated carbocycles. The Morgan fingerprint density at radius 1 is 1.11 bits per heavy atom. The average Bonchev–Trinajstić information content (AvgIpc) is 3.27. The molecule has 0 bridgehead atoms. The van der Waals surface area contributed by atoms with Gasteiger partial charge in [0.05, 0.1) is 18.7 Å². The monoisotopic (exact) mass is 506 g/mol. The largest absolute Gasteiger partial charge is 0.465 e. The Bertz CT molecular complexity index is 1480. The van der Waals surface area contributed by atoms with Crippen molar-refractivity contribution in [3.05, 3.63) is 70.5 Å². The Balaban J connectivity index is 1.68. The van der Waals surface area contributed by atoms with E-state index in [1.807, 2.05) is 54.6 Å². The first-order valence-electron chi connectivity index (χ1n) is 12.1. The molecule has 4 N–H and O–H groups in total. The fraction of sp³-hybridized carbons (Fsp3) is 0.296.